The number of rotatable bonds is 6. The molecule has 3 saturated carbocycles. The monoisotopic (exact) mass is 472 g/mol. The summed E-state index contributed by atoms with van der Waals surface area (Å²) < 4.78 is 0. The molecule has 7 atom stereocenters. The summed E-state index contributed by atoms with van der Waals surface area (Å²) in [5.41, 5.74) is 1.07. The molecule has 3 fully saturated rings. The maximum absolute atomic E-state index is 11.9. The van der Waals surface area contributed by atoms with Crippen LogP contribution in [-0.2, 0) is 14.4 Å². The van der Waals surface area contributed by atoms with E-state index in [9.17, 15) is 14.7 Å². The van der Waals surface area contributed by atoms with Gasteiger partial charge in [-0.3, -0.25) is 4.79 Å². The Labute approximate surface area is 200 Å². The van der Waals surface area contributed by atoms with Crippen LogP contribution in [0.3, 0.4) is 0 Å². The van der Waals surface area contributed by atoms with Gasteiger partial charge in [-0.15, -0.1) is 6.42 Å². The first kappa shape index (κ1) is 24.7. The quantitative estimate of drug-likeness (QED) is 0.347. The van der Waals surface area contributed by atoms with Gasteiger partial charge in [-0.05, 0) is 80.6 Å². The Hall–Kier alpha value is -2.37. The van der Waals surface area contributed by atoms with Gasteiger partial charge in [-0.1, -0.05) is 30.5 Å². The third-order valence-corrected chi connectivity index (χ3v) is 9.56. The molecule has 0 aromatic heterocycles. The molecule has 8 nitrogen and oxygen atoms in total. The first-order chi connectivity index (χ1) is 16.1. The van der Waals surface area contributed by atoms with Crippen LogP contribution in [0.15, 0.2) is 16.8 Å². The Balaban J connectivity index is 1.42. The smallest absolute Gasteiger partial charge is 0.328 e. The van der Waals surface area contributed by atoms with E-state index in [-0.39, 0.29) is 10.8 Å². The molecule has 1 amide bonds. The van der Waals surface area contributed by atoms with Gasteiger partial charge in [0, 0.05) is 5.41 Å². The molecule has 0 bridgehead atoms. The molecule has 4 aliphatic rings. The molecule has 0 saturated heterocycles. The first-order valence-corrected chi connectivity index (χ1v) is 12.3. The average molecular weight is 473 g/mol. The number of carboxylic acid groups (broad SMARTS) is 1. The van der Waals surface area contributed by atoms with Crippen LogP contribution in [0.1, 0.15) is 65.2 Å². The lowest BCUT2D eigenvalue weighted by molar-refractivity contribution is -0.143. The predicted molar refractivity (Wildman–Crippen MR) is 126 cm³/mol. The number of oxime groups is 1. The van der Waals surface area contributed by atoms with Crippen molar-refractivity contribution in [1.29, 1.82) is 0 Å². The number of allylic oxidation sites excluding steroid dienone is 2. The molecule has 0 heterocycles. The largest absolute Gasteiger partial charge is 0.480 e. The van der Waals surface area contributed by atoms with Crippen molar-refractivity contribution in [3.05, 3.63) is 11.6 Å². The van der Waals surface area contributed by atoms with E-state index >= 15 is 0 Å². The Bertz CT molecular complexity index is 953. The minimum atomic E-state index is -1.36. The van der Waals surface area contributed by atoms with Crippen LogP contribution >= 0.6 is 0 Å². The fourth-order valence-corrected chi connectivity index (χ4v) is 7.49. The summed E-state index contributed by atoms with van der Waals surface area (Å²) in [5.74, 6) is 2.37. The molecular formula is C26H36N2O6. The van der Waals surface area contributed by atoms with Gasteiger partial charge in [0.05, 0.1) is 12.3 Å². The normalized spacial score (nSPS) is 40.7. The second kappa shape index (κ2) is 9.01. The number of nitrogens with one attached hydrogen (secondary N) is 1. The van der Waals surface area contributed by atoms with Crippen LogP contribution < -0.4 is 5.32 Å². The number of carboxylic acids is 1. The maximum atomic E-state index is 11.9. The zero-order valence-corrected chi connectivity index (χ0v) is 20.0. The van der Waals surface area contributed by atoms with Crippen LogP contribution in [0, 0.1) is 40.9 Å². The van der Waals surface area contributed by atoms with Crippen molar-refractivity contribution < 1.29 is 29.7 Å². The third kappa shape index (κ3) is 3.93. The molecule has 0 aromatic carbocycles. The van der Waals surface area contributed by atoms with Crippen molar-refractivity contribution in [3.63, 3.8) is 0 Å². The molecule has 4 N–H and O–H groups in total. The number of aliphatic carboxylic acids is 1. The molecule has 186 valence electrons. The van der Waals surface area contributed by atoms with Crippen molar-refractivity contribution in [2.45, 2.75) is 76.9 Å². The lowest BCUT2D eigenvalue weighted by atomic mass is 9.46. The molecule has 4 aliphatic carbocycles. The van der Waals surface area contributed by atoms with Gasteiger partial charge in [-0.25, -0.2) is 4.79 Å². The number of aliphatic hydroxyl groups excluding tert-OH is 1. The topological polar surface area (TPSA) is 128 Å². The number of fused-ring (bicyclic) bond motifs is 5. The van der Waals surface area contributed by atoms with Crippen LogP contribution in [-0.4, -0.2) is 57.8 Å². The lowest BCUT2D eigenvalue weighted by Gasteiger charge is -2.58. The number of aliphatic hydroxyl groups is 2. The molecule has 8 heteroatoms. The zero-order valence-electron chi connectivity index (χ0n) is 20.0. The fourth-order valence-electron chi connectivity index (χ4n) is 7.49. The number of carbonyl (C=O) groups is 2. The van der Waals surface area contributed by atoms with Gasteiger partial charge in [0.1, 0.15) is 11.6 Å². The molecule has 0 aliphatic heterocycles. The Morgan fingerprint density at radius 1 is 1.24 bits per heavy atom. The number of hydrogen-bond acceptors (Lipinski definition) is 6. The maximum Gasteiger partial charge on any atom is 0.328 e. The molecule has 4 rings (SSSR count). The summed E-state index contributed by atoms with van der Waals surface area (Å²) in [7, 11) is 0. The summed E-state index contributed by atoms with van der Waals surface area (Å²) in [5, 5.41) is 35.4. The summed E-state index contributed by atoms with van der Waals surface area (Å²) >= 11 is 0. The third-order valence-electron chi connectivity index (χ3n) is 9.56. The Morgan fingerprint density at radius 3 is 2.65 bits per heavy atom. The van der Waals surface area contributed by atoms with Crippen LogP contribution in [0.2, 0.25) is 0 Å². The van der Waals surface area contributed by atoms with E-state index in [1.54, 1.807) is 0 Å². The second-order valence-electron chi connectivity index (χ2n) is 11.0. The highest BCUT2D eigenvalue weighted by atomic mass is 16.6. The van der Waals surface area contributed by atoms with E-state index in [2.05, 4.69) is 36.3 Å². The number of amides is 1. The number of carbonyl (C=O) groups excluding carboxylic acids is 1. The van der Waals surface area contributed by atoms with E-state index in [1.807, 2.05) is 0 Å². The predicted octanol–water partition coefficient (Wildman–Crippen LogP) is 2.25. The summed E-state index contributed by atoms with van der Waals surface area (Å²) in [6.07, 6.45) is 15.4. The van der Waals surface area contributed by atoms with E-state index in [1.165, 1.54) is 5.57 Å². The molecule has 0 radical (unpaired) electrons. The minimum absolute atomic E-state index is 0.0906. The highest BCUT2D eigenvalue weighted by Crippen LogP contribution is 2.67. The number of hydrogen-bond donors (Lipinski definition) is 4. The average Bonchev–Trinajstić information content (AvgIpc) is 3.08. The molecular weight excluding hydrogens is 436 g/mol. The van der Waals surface area contributed by atoms with Crippen molar-refractivity contribution in [2.24, 2.45) is 33.7 Å². The van der Waals surface area contributed by atoms with E-state index in [0.29, 0.717) is 24.2 Å². The first-order valence-electron chi connectivity index (χ1n) is 12.3. The number of terminal acetylenes is 1. The fraction of sp³-hybridized carbons (Fsp3) is 0.731. The van der Waals surface area contributed by atoms with E-state index < -0.39 is 36.7 Å². The van der Waals surface area contributed by atoms with E-state index in [0.717, 1.165) is 50.7 Å². The highest BCUT2D eigenvalue weighted by Gasteiger charge is 2.63. The Morgan fingerprint density at radius 2 is 1.97 bits per heavy atom. The zero-order chi connectivity index (χ0) is 24.7. The highest BCUT2D eigenvalue weighted by molar-refractivity contribution is 5.96. The minimum Gasteiger partial charge on any atom is -0.480 e. The van der Waals surface area contributed by atoms with E-state index in [4.69, 9.17) is 21.5 Å². The van der Waals surface area contributed by atoms with Crippen LogP contribution in [0.5, 0.6) is 0 Å². The van der Waals surface area contributed by atoms with Crippen LogP contribution in [0.4, 0.5) is 0 Å². The van der Waals surface area contributed by atoms with Crippen molar-refractivity contribution in [1.82, 2.24) is 5.32 Å². The SMILES string of the molecule is C#C[C@@]1(O)CCC2C3CCC4=CC(=NOCC(=O)NC(CO)C(=O)O)CC[C@]4(C)C3CC[C@@]21C. The Kier molecular flexibility index (Phi) is 6.56. The molecule has 34 heavy (non-hydrogen) atoms. The number of nitrogens with zero attached hydrogens (tertiary/aromatic N) is 1. The molecule has 4 unspecified atom stereocenters. The van der Waals surface area contributed by atoms with Crippen molar-refractivity contribution >= 4 is 17.6 Å². The lowest BCUT2D eigenvalue weighted by Crippen LogP contribution is -2.54. The van der Waals surface area contributed by atoms with Gasteiger partial charge in [0.15, 0.2) is 6.61 Å². The molecule has 0 aromatic rings. The second-order valence-corrected chi connectivity index (χ2v) is 11.0. The summed E-state index contributed by atoms with van der Waals surface area (Å²) in [6.45, 7) is 3.47. The summed E-state index contributed by atoms with van der Waals surface area (Å²) in [6, 6.07) is -1.36. The van der Waals surface area contributed by atoms with Crippen molar-refractivity contribution in [3.8, 4) is 12.3 Å². The standard InChI is InChI=1S/C26H36N2O6/c1-4-26(33)12-9-20-18-6-5-16-13-17(28-34-15-22(30)27-21(14-29)23(31)32)7-10-24(16,2)19(18)8-11-25(20,26)3/h1,13,18-21,29,33H,5-12,14-15H2,2-3H3,(H,27,30)(H,31,32)/t18?,19?,20?,21?,24-,25-,26+/m0/s1. The van der Waals surface area contributed by atoms with Gasteiger partial charge < -0.3 is 25.5 Å². The van der Waals surface area contributed by atoms with Gasteiger partial charge >= 0.3 is 5.97 Å². The summed E-state index contributed by atoms with van der Waals surface area (Å²) in [4.78, 5) is 28.0. The van der Waals surface area contributed by atoms with Gasteiger partial charge in [0.2, 0.25) is 0 Å². The van der Waals surface area contributed by atoms with Gasteiger partial charge in [0.25, 0.3) is 5.91 Å². The van der Waals surface area contributed by atoms with Crippen LogP contribution in [0.25, 0.3) is 0 Å². The van der Waals surface area contributed by atoms with Gasteiger partial charge in [-0.2, -0.15) is 0 Å². The molecule has 0 spiro atoms. The van der Waals surface area contributed by atoms with Crippen molar-refractivity contribution in [2.75, 3.05) is 13.2 Å².